The smallest absolute Gasteiger partial charge is 0.139 e. The highest BCUT2D eigenvalue weighted by Gasteiger charge is 2.47. The number of aromatic nitrogens is 2. The fraction of sp³-hybridized carbons (Fsp3) is 0.727. The number of benzene rings is 1. The van der Waals surface area contributed by atoms with Crippen LogP contribution in [0.25, 0.3) is 11.0 Å². The topological polar surface area (TPSA) is 63.9 Å². The van der Waals surface area contributed by atoms with E-state index in [9.17, 15) is 0 Å². The van der Waals surface area contributed by atoms with Crippen molar-refractivity contribution in [2.24, 2.45) is 11.3 Å². The lowest BCUT2D eigenvalue weighted by Gasteiger charge is -2.54. The summed E-state index contributed by atoms with van der Waals surface area (Å²) in [5, 5.41) is 8.12. The number of hydrogen-bond acceptors (Lipinski definition) is 7. The van der Waals surface area contributed by atoms with Crippen LogP contribution in [-0.4, -0.2) is 79.3 Å². The summed E-state index contributed by atoms with van der Waals surface area (Å²) in [6.45, 7) is 7.96. The van der Waals surface area contributed by atoms with E-state index in [0.29, 0.717) is 0 Å². The van der Waals surface area contributed by atoms with Crippen LogP contribution in [0.5, 0.6) is 0 Å². The third-order valence-corrected chi connectivity index (χ3v) is 7.49. The molecule has 2 saturated heterocycles. The maximum absolute atomic E-state index is 5.78. The summed E-state index contributed by atoms with van der Waals surface area (Å²) in [7, 11) is 1.86. The molecular formula is C22H32N4O3. The van der Waals surface area contributed by atoms with Gasteiger partial charge in [0.15, 0.2) is 0 Å². The molecule has 0 radical (unpaired) electrons. The molecule has 7 heteroatoms. The van der Waals surface area contributed by atoms with Gasteiger partial charge in [-0.25, -0.2) is 4.63 Å². The number of ether oxygens (including phenoxy) is 2. The Morgan fingerprint density at radius 1 is 1.17 bits per heavy atom. The van der Waals surface area contributed by atoms with Crippen LogP contribution in [0.2, 0.25) is 0 Å². The first-order valence-corrected chi connectivity index (χ1v) is 11.0. The number of piperidine rings is 1. The molecule has 3 aliphatic rings. The van der Waals surface area contributed by atoms with Crippen molar-refractivity contribution < 1.29 is 14.1 Å². The highest BCUT2D eigenvalue weighted by atomic mass is 16.6. The highest BCUT2D eigenvalue weighted by molar-refractivity contribution is 5.76. The van der Waals surface area contributed by atoms with Crippen molar-refractivity contribution in [2.45, 2.75) is 38.3 Å². The van der Waals surface area contributed by atoms with Crippen LogP contribution in [0.3, 0.4) is 0 Å². The molecule has 1 saturated carbocycles. The van der Waals surface area contributed by atoms with E-state index < -0.39 is 0 Å². The lowest BCUT2D eigenvalue weighted by Crippen LogP contribution is -2.56. The van der Waals surface area contributed by atoms with Gasteiger partial charge in [0.25, 0.3) is 0 Å². The molecule has 3 atom stereocenters. The molecule has 29 heavy (non-hydrogen) atoms. The summed E-state index contributed by atoms with van der Waals surface area (Å²) in [5.74, 6) is 0.741. The van der Waals surface area contributed by atoms with Gasteiger partial charge < -0.3 is 9.47 Å². The minimum atomic E-state index is 0.270. The third-order valence-electron chi connectivity index (χ3n) is 7.49. The molecule has 2 aromatic rings. The number of hydrogen-bond donors (Lipinski definition) is 0. The second-order valence-electron chi connectivity index (χ2n) is 9.12. The van der Waals surface area contributed by atoms with E-state index >= 15 is 0 Å². The second kappa shape index (κ2) is 8.30. The first-order valence-electron chi connectivity index (χ1n) is 11.0. The van der Waals surface area contributed by atoms with E-state index in [-0.39, 0.29) is 5.41 Å². The van der Waals surface area contributed by atoms with E-state index in [1.807, 2.05) is 19.2 Å². The highest BCUT2D eigenvalue weighted by Crippen LogP contribution is 2.48. The quantitative estimate of drug-likeness (QED) is 0.764. The molecule has 158 valence electrons. The Kier molecular flexibility index (Phi) is 5.56. The molecule has 2 aliphatic heterocycles. The molecule has 1 aromatic carbocycles. The first-order chi connectivity index (χ1) is 14.3. The van der Waals surface area contributed by atoms with Gasteiger partial charge in [0.05, 0.1) is 19.8 Å². The third kappa shape index (κ3) is 3.81. The molecule has 3 heterocycles. The van der Waals surface area contributed by atoms with Gasteiger partial charge in [0.1, 0.15) is 11.0 Å². The number of nitrogens with zero attached hydrogens (tertiary/aromatic N) is 4. The minimum Gasteiger partial charge on any atom is -0.384 e. The Labute approximate surface area is 172 Å². The van der Waals surface area contributed by atoms with Gasteiger partial charge in [-0.1, -0.05) is 12.1 Å². The molecule has 0 N–H and O–H groups in total. The number of morpholine rings is 1. The summed E-state index contributed by atoms with van der Waals surface area (Å²) in [6, 6.07) is 6.88. The number of fused-ring (bicyclic) bond motifs is 2. The Bertz CT molecular complexity index is 821. The number of rotatable bonds is 5. The molecule has 3 fully saturated rings. The average Bonchev–Trinajstić information content (AvgIpc) is 3.24. The molecular weight excluding hydrogens is 368 g/mol. The van der Waals surface area contributed by atoms with Crippen LogP contribution < -0.4 is 0 Å². The van der Waals surface area contributed by atoms with Gasteiger partial charge in [-0.2, -0.15) is 0 Å². The minimum absolute atomic E-state index is 0.270. The number of methoxy groups -OCH3 is 1. The zero-order chi connectivity index (χ0) is 19.7. The Hall–Kier alpha value is -1.54. The lowest BCUT2D eigenvalue weighted by molar-refractivity contribution is -0.0870. The average molecular weight is 401 g/mol. The summed E-state index contributed by atoms with van der Waals surface area (Å²) in [5.41, 5.74) is 3.21. The van der Waals surface area contributed by atoms with Crippen molar-refractivity contribution in [3.8, 4) is 0 Å². The molecule has 0 spiro atoms. The monoisotopic (exact) mass is 400 g/mol. The van der Waals surface area contributed by atoms with E-state index in [2.05, 4.69) is 26.2 Å². The van der Waals surface area contributed by atoms with E-state index in [0.717, 1.165) is 75.5 Å². The van der Waals surface area contributed by atoms with Crippen molar-refractivity contribution in [3.05, 3.63) is 23.8 Å². The van der Waals surface area contributed by atoms with Crippen LogP contribution in [0.15, 0.2) is 22.8 Å². The van der Waals surface area contributed by atoms with Gasteiger partial charge in [-0.3, -0.25) is 9.80 Å². The Balaban J connectivity index is 1.30. The summed E-state index contributed by atoms with van der Waals surface area (Å²) < 4.78 is 16.3. The molecule has 0 bridgehead atoms. The first kappa shape index (κ1) is 19.4. The standard InChI is InChI=1S/C22H32N4O3/c1-27-16-22-7-5-19(26-9-11-28-12-10-26)13-18(22)6-8-25(15-22)14-17-3-2-4-20-21(17)24-29-23-20/h2-4,18-19H,5-16H2,1H3/t18-,19-,22+/m0/s1. The molecule has 5 rings (SSSR count). The van der Waals surface area contributed by atoms with Crippen molar-refractivity contribution >= 4 is 11.0 Å². The summed E-state index contributed by atoms with van der Waals surface area (Å²) in [6.07, 6.45) is 5.08. The predicted molar refractivity (Wildman–Crippen MR) is 110 cm³/mol. The Morgan fingerprint density at radius 3 is 2.93 bits per heavy atom. The SMILES string of the molecule is COC[C@]12CC[C@H](N3CCOCC3)C[C@@H]1CCN(Cc1cccc3nonc13)C2. The number of likely N-dealkylation sites (tertiary alicyclic amines) is 1. The van der Waals surface area contributed by atoms with Gasteiger partial charge in [-0.05, 0) is 60.1 Å². The summed E-state index contributed by atoms with van der Waals surface area (Å²) in [4.78, 5) is 5.26. The molecule has 1 aliphatic carbocycles. The van der Waals surface area contributed by atoms with Gasteiger partial charge in [0, 0.05) is 44.7 Å². The van der Waals surface area contributed by atoms with Crippen LogP contribution in [0.4, 0.5) is 0 Å². The maximum atomic E-state index is 5.78. The van der Waals surface area contributed by atoms with Crippen LogP contribution in [0, 0.1) is 11.3 Å². The maximum Gasteiger partial charge on any atom is 0.139 e. The van der Waals surface area contributed by atoms with Gasteiger partial charge in [-0.15, -0.1) is 0 Å². The predicted octanol–water partition coefficient (Wildman–Crippen LogP) is 2.56. The van der Waals surface area contributed by atoms with E-state index in [4.69, 9.17) is 14.1 Å². The zero-order valence-corrected chi connectivity index (χ0v) is 17.4. The molecule has 0 amide bonds. The molecule has 0 unspecified atom stereocenters. The molecule has 1 aromatic heterocycles. The van der Waals surface area contributed by atoms with Crippen molar-refractivity contribution in [1.29, 1.82) is 0 Å². The van der Waals surface area contributed by atoms with Crippen molar-refractivity contribution in [3.63, 3.8) is 0 Å². The van der Waals surface area contributed by atoms with Crippen LogP contribution in [-0.2, 0) is 16.0 Å². The lowest BCUT2D eigenvalue weighted by atomic mass is 9.61. The summed E-state index contributed by atoms with van der Waals surface area (Å²) >= 11 is 0. The van der Waals surface area contributed by atoms with Crippen molar-refractivity contribution in [2.75, 3.05) is 53.1 Å². The van der Waals surface area contributed by atoms with Crippen LogP contribution in [0.1, 0.15) is 31.2 Å². The second-order valence-corrected chi connectivity index (χ2v) is 9.12. The fourth-order valence-electron chi connectivity index (χ4n) is 6.01. The zero-order valence-electron chi connectivity index (χ0n) is 17.4. The normalized spacial score (nSPS) is 31.8. The van der Waals surface area contributed by atoms with Crippen LogP contribution >= 0.6 is 0 Å². The largest absolute Gasteiger partial charge is 0.384 e. The molecule has 7 nitrogen and oxygen atoms in total. The fourth-order valence-corrected chi connectivity index (χ4v) is 6.01. The van der Waals surface area contributed by atoms with E-state index in [1.54, 1.807) is 0 Å². The van der Waals surface area contributed by atoms with Crippen molar-refractivity contribution in [1.82, 2.24) is 20.1 Å². The van der Waals surface area contributed by atoms with Gasteiger partial charge >= 0.3 is 0 Å². The van der Waals surface area contributed by atoms with Gasteiger partial charge in [0.2, 0.25) is 0 Å². The van der Waals surface area contributed by atoms with E-state index in [1.165, 1.54) is 31.2 Å². The Morgan fingerprint density at radius 2 is 2.07 bits per heavy atom.